The lowest BCUT2D eigenvalue weighted by Crippen LogP contribution is -2.11. The summed E-state index contributed by atoms with van der Waals surface area (Å²) in [6.45, 7) is 4.33. The Morgan fingerprint density at radius 2 is 1.55 bits per heavy atom. The van der Waals surface area contributed by atoms with Crippen LogP contribution in [0.5, 0.6) is 0 Å². The predicted molar refractivity (Wildman–Crippen MR) is 86.1 cm³/mol. The molecule has 104 valence electrons. The van der Waals surface area contributed by atoms with Gasteiger partial charge in [0.15, 0.2) is 0 Å². The van der Waals surface area contributed by atoms with Crippen LogP contribution < -0.4 is 11.5 Å². The summed E-state index contributed by atoms with van der Waals surface area (Å²) >= 11 is 0. The van der Waals surface area contributed by atoms with Gasteiger partial charge in [0.1, 0.15) is 0 Å². The summed E-state index contributed by atoms with van der Waals surface area (Å²) in [6.07, 6.45) is 3.78. The van der Waals surface area contributed by atoms with Crippen LogP contribution in [0.4, 0.5) is 0 Å². The molecular formula is C18H22N2. The average molecular weight is 266 g/mol. The number of benzene rings is 2. The minimum absolute atomic E-state index is 0.0703. The van der Waals surface area contributed by atoms with Crippen molar-refractivity contribution < 1.29 is 0 Å². The van der Waals surface area contributed by atoms with Crippen molar-refractivity contribution in [1.82, 2.24) is 0 Å². The molecule has 0 aliphatic heterocycles. The molecule has 0 saturated carbocycles. The molecule has 0 spiro atoms. The fourth-order valence-electron chi connectivity index (χ4n) is 2.21. The van der Waals surface area contributed by atoms with Gasteiger partial charge in [-0.15, -0.1) is 0 Å². The molecule has 0 fully saturated rings. The minimum atomic E-state index is 0.0703. The molecule has 0 heterocycles. The molecule has 0 saturated heterocycles. The van der Waals surface area contributed by atoms with Crippen molar-refractivity contribution in [3.05, 3.63) is 77.4 Å². The van der Waals surface area contributed by atoms with E-state index in [0.29, 0.717) is 6.54 Å². The van der Waals surface area contributed by atoms with Gasteiger partial charge < -0.3 is 11.5 Å². The Balaban J connectivity index is 1.93. The molecule has 2 rings (SSSR count). The van der Waals surface area contributed by atoms with Crippen LogP contribution in [0.3, 0.4) is 0 Å². The van der Waals surface area contributed by atoms with Gasteiger partial charge in [0.2, 0.25) is 0 Å². The first-order chi connectivity index (χ1) is 9.72. The zero-order valence-electron chi connectivity index (χ0n) is 11.8. The second-order valence-electron chi connectivity index (χ2n) is 5.04. The van der Waals surface area contributed by atoms with E-state index >= 15 is 0 Å². The van der Waals surface area contributed by atoms with E-state index in [9.17, 15) is 0 Å². The molecule has 2 heteroatoms. The van der Waals surface area contributed by atoms with Crippen molar-refractivity contribution in [1.29, 1.82) is 0 Å². The van der Waals surface area contributed by atoms with Crippen LogP contribution in [0.15, 0.2) is 55.1 Å². The third-order valence-corrected chi connectivity index (χ3v) is 3.60. The summed E-state index contributed by atoms with van der Waals surface area (Å²) in [5.74, 6) is 0. The minimum Gasteiger partial charge on any atom is -0.326 e. The second kappa shape index (κ2) is 7.04. The van der Waals surface area contributed by atoms with Gasteiger partial charge in [-0.1, -0.05) is 61.2 Å². The molecule has 2 aromatic carbocycles. The summed E-state index contributed by atoms with van der Waals surface area (Å²) in [7, 11) is 0. The molecule has 0 amide bonds. The normalized spacial score (nSPS) is 12.1. The highest BCUT2D eigenvalue weighted by Gasteiger charge is 2.06. The monoisotopic (exact) mass is 266 g/mol. The first-order valence-electron chi connectivity index (χ1n) is 6.99. The summed E-state index contributed by atoms with van der Waals surface area (Å²) in [5.41, 5.74) is 16.6. The molecule has 0 radical (unpaired) electrons. The maximum absolute atomic E-state index is 6.24. The van der Waals surface area contributed by atoms with E-state index in [-0.39, 0.29) is 6.04 Å². The van der Waals surface area contributed by atoms with Gasteiger partial charge in [-0.3, -0.25) is 0 Å². The van der Waals surface area contributed by atoms with Crippen molar-refractivity contribution in [2.45, 2.75) is 25.4 Å². The average Bonchev–Trinajstić information content (AvgIpc) is 2.53. The van der Waals surface area contributed by atoms with E-state index in [0.717, 1.165) is 24.0 Å². The van der Waals surface area contributed by atoms with Crippen LogP contribution >= 0.6 is 0 Å². The third kappa shape index (κ3) is 3.80. The van der Waals surface area contributed by atoms with E-state index in [1.807, 2.05) is 18.2 Å². The Bertz CT molecular complexity index is 541. The van der Waals surface area contributed by atoms with Crippen molar-refractivity contribution >= 4 is 6.08 Å². The Morgan fingerprint density at radius 1 is 0.950 bits per heavy atom. The number of aryl methyl sites for hydroxylation is 1. The van der Waals surface area contributed by atoms with Crippen LogP contribution in [0.25, 0.3) is 6.08 Å². The van der Waals surface area contributed by atoms with Gasteiger partial charge in [0.05, 0.1) is 0 Å². The van der Waals surface area contributed by atoms with Crippen molar-refractivity contribution in [2.75, 3.05) is 0 Å². The SMILES string of the molecule is C=Cc1ccc(CCC(N)c2ccc(CN)cc2)cc1. The second-order valence-corrected chi connectivity index (χ2v) is 5.04. The van der Waals surface area contributed by atoms with Crippen molar-refractivity contribution in [3.63, 3.8) is 0 Å². The van der Waals surface area contributed by atoms with E-state index in [2.05, 4.69) is 43.0 Å². The molecule has 0 bridgehead atoms. The lowest BCUT2D eigenvalue weighted by Gasteiger charge is -2.12. The molecule has 2 aromatic rings. The van der Waals surface area contributed by atoms with E-state index in [1.165, 1.54) is 11.1 Å². The predicted octanol–water partition coefficient (Wildman–Crippen LogP) is 3.42. The fourth-order valence-corrected chi connectivity index (χ4v) is 2.21. The quantitative estimate of drug-likeness (QED) is 0.841. The number of rotatable bonds is 6. The molecular weight excluding hydrogens is 244 g/mol. The number of hydrogen-bond donors (Lipinski definition) is 2. The maximum atomic E-state index is 6.24. The lowest BCUT2D eigenvalue weighted by atomic mass is 9.98. The molecule has 0 aliphatic rings. The van der Waals surface area contributed by atoms with Crippen molar-refractivity contribution in [3.8, 4) is 0 Å². The molecule has 0 aliphatic carbocycles. The van der Waals surface area contributed by atoms with E-state index in [4.69, 9.17) is 11.5 Å². The summed E-state index contributed by atoms with van der Waals surface area (Å²) in [6, 6.07) is 16.8. The Hall–Kier alpha value is -1.90. The highest BCUT2D eigenvalue weighted by Crippen LogP contribution is 2.18. The first kappa shape index (κ1) is 14.5. The maximum Gasteiger partial charge on any atom is 0.0298 e. The van der Waals surface area contributed by atoms with Gasteiger partial charge in [0, 0.05) is 12.6 Å². The highest BCUT2D eigenvalue weighted by molar-refractivity contribution is 5.47. The van der Waals surface area contributed by atoms with E-state index in [1.54, 1.807) is 0 Å². The summed E-state index contributed by atoms with van der Waals surface area (Å²) in [4.78, 5) is 0. The smallest absolute Gasteiger partial charge is 0.0298 e. The standard InChI is InChI=1S/C18H22N2/c1-2-14-3-5-15(6-4-14)9-12-18(20)17-10-7-16(13-19)8-11-17/h2-8,10-11,18H,1,9,12-13,19-20H2. The van der Waals surface area contributed by atoms with Crippen LogP contribution in [-0.4, -0.2) is 0 Å². The van der Waals surface area contributed by atoms with Crippen molar-refractivity contribution in [2.24, 2.45) is 11.5 Å². The largest absolute Gasteiger partial charge is 0.326 e. The van der Waals surface area contributed by atoms with Gasteiger partial charge in [-0.25, -0.2) is 0 Å². The number of hydrogen-bond acceptors (Lipinski definition) is 2. The first-order valence-corrected chi connectivity index (χ1v) is 6.99. The molecule has 20 heavy (non-hydrogen) atoms. The van der Waals surface area contributed by atoms with Crippen LogP contribution in [0.2, 0.25) is 0 Å². The molecule has 1 unspecified atom stereocenters. The summed E-state index contributed by atoms with van der Waals surface area (Å²) in [5, 5.41) is 0. The Kier molecular flexibility index (Phi) is 5.10. The van der Waals surface area contributed by atoms with Crippen LogP contribution in [0, 0.1) is 0 Å². The topological polar surface area (TPSA) is 52.0 Å². The van der Waals surface area contributed by atoms with Gasteiger partial charge in [-0.2, -0.15) is 0 Å². The van der Waals surface area contributed by atoms with Crippen LogP contribution in [0.1, 0.15) is 34.7 Å². The van der Waals surface area contributed by atoms with E-state index < -0.39 is 0 Å². The molecule has 0 aromatic heterocycles. The molecule has 2 nitrogen and oxygen atoms in total. The Morgan fingerprint density at radius 3 is 2.10 bits per heavy atom. The van der Waals surface area contributed by atoms with Gasteiger partial charge in [0.25, 0.3) is 0 Å². The molecule has 4 N–H and O–H groups in total. The fraction of sp³-hybridized carbons (Fsp3) is 0.222. The lowest BCUT2D eigenvalue weighted by molar-refractivity contribution is 0.651. The Labute approximate surface area is 121 Å². The zero-order chi connectivity index (χ0) is 14.4. The zero-order valence-corrected chi connectivity index (χ0v) is 11.8. The molecule has 1 atom stereocenters. The summed E-state index contributed by atoms with van der Waals surface area (Å²) < 4.78 is 0. The van der Waals surface area contributed by atoms with Gasteiger partial charge >= 0.3 is 0 Å². The van der Waals surface area contributed by atoms with Gasteiger partial charge in [-0.05, 0) is 35.1 Å². The highest BCUT2D eigenvalue weighted by atomic mass is 14.6. The van der Waals surface area contributed by atoms with Crippen LogP contribution in [-0.2, 0) is 13.0 Å². The third-order valence-electron chi connectivity index (χ3n) is 3.60. The number of nitrogens with two attached hydrogens (primary N) is 2.